The van der Waals surface area contributed by atoms with Crippen molar-refractivity contribution in [2.75, 3.05) is 6.67 Å². The normalized spacial score (nSPS) is 25.6. The Hall–Kier alpha value is -0.660. The van der Waals surface area contributed by atoms with Crippen molar-refractivity contribution in [1.82, 2.24) is 10.2 Å². The summed E-state index contributed by atoms with van der Waals surface area (Å²) in [7, 11) is 0. The maximum Gasteiger partial charge on any atom is 0.125 e. The maximum absolute atomic E-state index is 3.07. The van der Waals surface area contributed by atoms with Crippen LogP contribution in [0.15, 0.2) is 12.0 Å². The summed E-state index contributed by atoms with van der Waals surface area (Å²) in [5.74, 6) is 1.31. The molecule has 2 aliphatic heterocycles. The molecule has 2 aliphatic rings. The van der Waals surface area contributed by atoms with Crippen LogP contribution in [0.2, 0.25) is 0 Å². The van der Waals surface area contributed by atoms with E-state index in [0.29, 0.717) is 0 Å². The summed E-state index contributed by atoms with van der Waals surface area (Å²) in [6.45, 7) is 1.05. The third kappa shape index (κ3) is 0.0561. The molecule has 0 amide bonds. The van der Waals surface area contributed by atoms with E-state index in [4.69, 9.17) is 0 Å². The Kier molecular flexibility index (Phi) is 0.0893. The molecular weight excluding hydrogens is 64.0 g/mol. The molecule has 1 N–H and O–H groups in total. The monoisotopic (exact) mass is 68.0 g/mol. The smallest absolute Gasteiger partial charge is 0.125 e. The number of nitrogens with zero attached hydrogens (tertiary/aromatic N) is 1. The highest BCUT2D eigenvalue weighted by atomic mass is 15.5. The van der Waals surface area contributed by atoms with Crippen molar-refractivity contribution in [3.8, 4) is 0 Å². The summed E-state index contributed by atoms with van der Waals surface area (Å²) in [5.41, 5.74) is 0. The van der Waals surface area contributed by atoms with Gasteiger partial charge in [0.25, 0.3) is 0 Å². The van der Waals surface area contributed by atoms with Gasteiger partial charge in [-0.2, -0.15) is 0 Å². The van der Waals surface area contributed by atoms with Crippen LogP contribution in [0.1, 0.15) is 0 Å². The Morgan fingerprint density at radius 1 is 2.00 bits per heavy atom. The van der Waals surface area contributed by atoms with Gasteiger partial charge in [0.05, 0.1) is 6.67 Å². The van der Waals surface area contributed by atoms with E-state index in [-0.39, 0.29) is 0 Å². The van der Waals surface area contributed by atoms with Gasteiger partial charge < -0.3 is 10.2 Å². The number of rotatable bonds is 0. The summed E-state index contributed by atoms with van der Waals surface area (Å²) in [6.07, 6.45) is 2.08. The first-order chi connectivity index (χ1) is 2.47. The molecule has 0 aliphatic carbocycles. The van der Waals surface area contributed by atoms with E-state index in [9.17, 15) is 0 Å². The molecule has 0 unspecified atom stereocenters. The molecule has 0 atom stereocenters. The SMILES string of the molecule is C1=C2NCN12. The first kappa shape index (κ1) is 1.70. The van der Waals surface area contributed by atoms with Crippen molar-refractivity contribution in [2.45, 2.75) is 0 Å². The molecule has 0 spiro atoms. The third-order valence-corrected chi connectivity index (χ3v) is 0.950. The largest absolute Gasteiger partial charge is 0.352 e. The molecule has 26 valence electrons. The van der Waals surface area contributed by atoms with Crippen molar-refractivity contribution >= 4 is 0 Å². The van der Waals surface area contributed by atoms with Gasteiger partial charge in [0.2, 0.25) is 0 Å². The predicted molar refractivity (Wildman–Crippen MR) is 17.9 cm³/mol. The van der Waals surface area contributed by atoms with Gasteiger partial charge >= 0.3 is 0 Å². The van der Waals surface area contributed by atoms with Crippen molar-refractivity contribution in [2.24, 2.45) is 0 Å². The van der Waals surface area contributed by atoms with Crippen molar-refractivity contribution in [3.63, 3.8) is 0 Å². The second kappa shape index (κ2) is 0.263. The van der Waals surface area contributed by atoms with E-state index in [1.807, 2.05) is 0 Å². The summed E-state index contributed by atoms with van der Waals surface area (Å²) in [6, 6.07) is 0. The minimum Gasteiger partial charge on any atom is -0.352 e. The Morgan fingerprint density at radius 3 is 2.80 bits per heavy atom. The molecule has 0 aromatic rings. The van der Waals surface area contributed by atoms with Gasteiger partial charge in [-0.1, -0.05) is 0 Å². The van der Waals surface area contributed by atoms with E-state index < -0.39 is 0 Å². The standard InChI is InChI=1S/C3H4N2/c1-3-4-2-5(1)3/h1,4H,2H2. The zero-order chi connectivity index (χ0) is 3.28. The molecule has 0 aromatic heterocycles. The van der Waals surface area contributed by atoms with Gasteiger partial charge in [-0.15, -0.1) is 0 Å². The van der Waals surface area contributed by atoms with Gasteiger partial charge in [0, 0.05) is 6.20 Å². The number of hydrogen-bond donors (Lipinski definition) is 1. The van der Waals surface area contributed by atoms with E-state index in [0.717, 1.165) is 6.67 Å². The highest BCUT2D eigenvalue weighted by molar-refractivity contribution is 5.23. The minimum absolute atomic E-state index is 1.05. The van der Waals surface area contributed by atoms with E-state index in [1.54, 1.807) is 0 Å². The molecular formula is C3H4N2. The van der Waals surface area contributed by atoms with E-state index in [2.05, 4.69) is 16.4 Å². The number of fused-ring (bicyclic) bond motifs is 1. The Balaban J connectivity index is 2.36. The number of hydrogen-bond acceptors (Lipinski definition) is 2. The zero-order valence-electron chi connectivity index (χ0n) is 2.73. The van der Waals surface area contributed by atoms with Crippen LogP contribution in [0.5, 0.6) is 0 Å². The lowest BCUT2D eigenvalue weighted by atomic mass is 10.8. The second-order valence-corrected chi connectivity index (χ2v) is 1.32. The third-order valence-electron chi connectivity index (χ3n) is 0.950. The highest BCUT2D eigenvalue weighted by Crippen LogP contribution is 2.23. The van der Waals surface area contributed by atoms with E-state index >= 15 is 0 Å². The summed E-state index contributed by atoms with van der Waals surface area (Å²) < 4.78 is 0. The molecule has 2 nitrogen and oxygen atoms in total. The fourth-order valence-electron chi connectivity index (χ4n) is 0.472. The second-order valence-electron chi connectivity index (χ2n) is 1.32. The lowest BCUT2D eigenvalue weighted by molar-refractivity contribution is 0.411. The van der Waals surface area contributed by atoms with Gasteiger partial charge in [0.1, 0.15) is 5.82 Å². The molecule has 0 saturated carbocycles. The Bertz CT molecular complexity index is 95.1. The van der Waals surface area contributed by atoms with Crippen LogP contribution in [0.3, 0.4) is 0 Å². The first-order valence-electron chi connectivity index (χ1n) is 1.69. The molecule has 2 heteroatoms. The Labute approximate surface area is 30.1 Å². The molecule has 2 rings (SSSR count). The average Bonchev–Trinajstić information content (AvgIpc) is 1.74. The first-order valence-corrected chi connectivity index (χ1v) is 1.69. The quantitative estimate of drug-likeness (QED) is 0.418. The molecule has 1 fully saturated rings. The number of nitrogens with one attached hydrogen (secondary N) is 1. The fourth-order valence-corrected chi connectivity index (χ4v) is 0.472. The van der Waals surface area contributed by atoms with Crippen LogP contribution < -0.4 is 5.32 Å². The maximum atomic E-state index is 3.07. The van der Waals surface area contributed by atoms with Crippen LogP contribution in [0, 0.1) is 0 Å². The molecule has 0 radical (unpaired) electrons. The van der Waals surface area contributed by atoms with Crippen LogP contribution in [0.4, 0.5) is 0 Å². The van der Waals surface area contributed by atoms with Gasteiger partial charge in [-0.3, -0.25) is 0 Å². The summed E-state index contributed by atoms with van der Waals surface area (Å²) in [5, 5.41) is 3.07. The summed E-state index contributed by atoms with van der Waals surface area (Å²) >= 11 is 0. The molecule has 0 aromatic carbocycles. The van der Waals surface area contributed by atoms with Gasteiger partial charge in [-0.25, -0.2) is 0 Å². The van der Waals surface area contributed by atoms with Gasteiger partial charge in [-0.05, 0) is 0 Å². The Morgan fingerprint density at radius 2 is 2.80 bits per heavy atom. The molecule has 5 heavy (non-hydrogen) atoms. The zero-order valence-corrected chi connectivity index (χ0v) is 2.73. The average molecular weight is 68.1 g/mol. The molecule has 0 bridgehead atoms. The highest BCUT2D eigenvalue weighted by Gasteiger charge is 2.28. The van der Waals surface area contributed by atoms with Crippen molar-refractivity contribution < 1.29 is 0 Å². The lowest BCUT2D eigenvalue weighted by Crippen LogP contribution is -2.32. The van der Waals surface area contributed by atoms with Crippen molar-refractivity contribution in [1.29, 1.82) is 0 Å². The van der Waals surface area contributed by atoms with Crippen molar-refractivity contribution in [3.05, 3.63) is 12.0 Å². The van der Waals surface area contributed by atoms with Gasteiger partial charge in [0.15, 0.2) is 0 Å². The van der Waals surface area contributed by atoms with Crippen LogP contribution in [0.25, 0.3) is 0 Å². The van der Waals surface area contributed by atoms with Crippen LogP contribution in [-0.2, 0) is 0 Å². The lowest BCUT2D eigenvalue weighted by Gasteiger charge is -2.14. The fraction of sp³-hybridized carbons (Fsp3) is 0.333. The molecule has 1 saturated heterocycles. The van der Waals surface area contributed by atoms with E-state index in [1.165, 1.54) is 5.82 Å². The summed E-state index contributed by atoms with van der Waals surface area (Å²) in [4.78, 5) is 2.15. The molecule has 2 heterocycles. The topological polar surface area (TPSA) is 15.0 Å². The van der Waals surface area contributed by atoms with Crippen LogP contribution in [-0.4, -0.2) is 11.6 Å². The van der Waals surface area contributed by atoms with Crippen LogP contribution >= 0.6 is 0 Å². The minimum atomic E-state index is 1.05. The predicted octanol–water partition coefficient (Wildman–Crippen LogP) is -0.338.